The van der Waals surface area contributed by atoms with Crippen molar-refractivity contribution in [2.75, 3.05) is 0 Å². The zero-order valence-electron chi connectivity index (χ0n) is 15.9. The summed E-state index contributed by atoms with van der Waals surface area (Å²) < 4.78 is 0. The lowest BCUT2D eigenvalue weighted by Crippen LogP contribution is -2.31. The van der Waals surface area contributed by atoms with Gasteiger partial charge >= 0.3 is 0 Å². The monoisotopic (exact) mass is 372 g/mol. The van der Waals surface area contributed by atoms with Crippen LogP contribution in [-0.4, -0.2) is 28.5 Å². The summed E-state index contributed by atoms with van der Waals surface area (Å²) in [6, 6.07) is -1.17. The van der Waals surface area contributed by atoms with Crippen LogP contribution in [0.25, 0.3) is 0 Å². The van der Waals surface area contributed by atoms with E-state index in [0.717, 1.165) is 19.3 Å². The van der Waals surface area contributed by atoms with Gasteiger partial charge in [0.15, 0.2) is 6.29 Å². The number of aliphatic hydroxyl groups is 1. The maximum Gasteiger partial charge on any atom is 0.257 e. The zero-order valence-corrected chi connectivity index (χ0v) is 15.9. The van der Waals surface area contributed by atoms with Crippen LogP contribution in [0.5, 0.6) is 0 Å². The Morgan fingerprint density at radius 1 is 0.963 bits per heavy atom. The van der Waals surface area contributed by atoms with Gasteiger partial charge in [0.25, 0.3) is 6.04 Å². The summed E-state index contributed by atoms with van der Waals surface area (Å²) in [5.74, 6) is 0. The SMILES string of the molecule is CC/C=C\C/C=C\C\C=C/C=C\C=C/C(C(O)C/C=C\CC[C]=O)[N+](=O)[O-]. The molecule has 0 aromatic carbocycles. The van der Waals surface area contributed by atoms with E-state index >= 15 is 0 Å². The van der Waals surface area contributed by atoms with Crippen LogP contribution in [0.3, 0.4) is 0 Å². The van der Waals surface area contributed by atoms with Crippen molar-refractivity contribution in [3.8, 4) is 0 Å². The van der Waals surface area contributed by atoms with Gasteiger partial charge in [-0.05, 0) is 38.2 Å². The summed E-state index contributed by atoms with van der Waals surface area (Å²) in [6.07, 6.45) is 26.6. The number of hydrogen-bond donors (Lipinski definition) is 1. The molecule has 1 N–H and O–H groups in total. The van der Waals surface area contributed by atoms with E-state index in [-0.39, 0.29) is 12.8 Å². The zero-order chi connectivity index (χ0) is 20.2. The second-order valence-electron chi connectivity index (χ2n) is 5.75. The summed E-state index contributed by atoms with van der Waals surface area (Å²) >= 11 is 0. The number of allylic oxidation sites excluding steroid dienone is 10. The Balaban J connectivity index is 4.27. The van der Waals surface area contributed by atoms with Gasteiger partial charge in [0.1, 0.15) is 6.10 Å². The Kier molecular flexibility index (Phi) is 16.6. The molecule has 2 atom stereocenters. The standard InChI is InChI=1S/C22H30NO4/c1-2-3-4-5-6-7-8-9-10-11-12-15-18-21(23(26)27)22(25)19-16-13-14-17-20-24/h3-4,6-7,9-13,15-16,18,21-22,25H,2,5,8,14,17,19H2,1H3/b4-3-,7-6-,10-9-,12-11-,16-13-,18-15-. The van der Waals surface area contributed by atoms with E-state index in [2.05, 4.69) is 31.2 Å². The molecule has 0 saturated heterocycles. The van der Waals surface area contributed by atoms with Crippen LogP contribution in [0, 0.1) is 10.1 Å². The van der Waals surface area contributed by atoms with E-state index in [4.69, 9.17) is 0 Å². The Bertz CT molecular complexity index is 571. The van der Waals surface area contributed by atoms with Gasteiger partial charge in [0, 0.05) is 11.3 Å². The van der Waals surface area contributed by atoms with E-state index < -0.39 is 17.1 Å². The normalized spacial score (nSPS) is 15.2. The number of rotatable bonds is 15. The van der Waals surface area contributed by atoms with E-state index in [0.29, 0.717) is 6.42 Å². The molecule has 0 rings (SSSR count). The first-order chi connectivity index (χ1) is 13.1. The fourth-order valence-corrected chi connectivity index (χ4v) is 2.05. The number of unbranched alkanes of at least 4 members (excludes halogenated alkanes) is 1. The van der Waals surface area contributed by atoms with Crippen LogP contribution in [0.4, 0.5) is 0 Å². The predicted molar refractivity (Wildman–Crippen MR) is 111 cm³/mol. The Labute approximate surface area is 162 Å². The van der Waals surface area contributed by atoms with Crippen LogP contribution < -0.4 is 0 Å². The molecule has 0 bridgehead atoms. The van der Waals surface area contributed by atoms with Crippen molar-refractivity contribution in [3.05, 3.63) is 83.0 Å². The molecule has 0 heterocycles. The quantitative estimate of drug-likeness (QED) is 0.147. The Morgan fingerprint density at radius 3 is 2.30 bits per heavy atom. The number of hydrogen-bond acceptors (Lipinski definition) is 4. The van der Waals surface area contributed by atoms with Crippen LogP contribution in [0.1, 0.15) is 45.4 Å². The number of aliphatic hydroxyl groups excluding tert-OH is 1. The lowest BCUT2D eigenvalue weighted by molar-refractivity contribution is -0.520. The van der Waals surface area contributed by atoms with Crippen LogP contribution in [0.15, 0.2) is 72.9 Å². The Hall–Kier alpha value is -2.53. The average Bonchev–Trinajstić information content (AvgIpc) is 2.65. The minimum atomic E-state index is -1.17. The second kappa shape index (κ2) is 18.3. The molecule has 5 nitrogen and oxygen atoms in total. The molecular weight excluding hydrogens is 342 g/mol. The first kappa shape index (κ1) is 24.5. The van der Waals surface area contributed by atoms with Crippen LogP contribution in [0.2, 0.25) is 0 Å². The molecule has 0 amide bonds. The van der Waals surface area contributed by atoms with Crippen molar-refractivity contribution in [1.82, 2.24) is 0 Å². The highest BCUT2D eigenvalue weighted by atomic mass is 16.6. The molecule has 0 aromatic heterocycles. The molecule has 0 aliphatic heterocycles. The van der Waals surface area contributed by atoms with Crippen molar-refractivity contribution in [3.63, 3.8) is 0 Å². The van der Waals surface area contributed by atoms with Gasteiger partial charge in [-0.15, -0.1) is 0 Å². The van der Waals surface area contributed by atoms with Gasteiger partial charge in [-0.25, -0.2) is 0 Å². The highest BCUT2D eigenvalue weighted by Crippen LogP contribution is 2.07. The maximum atomic E-state index is 11.1. The van der Waals surface area contributed by atoms with Crippen LogP contribution in [-0.2, 0) is 4.79 Å². The van der Waals surface area contributed by atoms with Gasteiger partial charge in [-0.2, -0.15) is 0 Å². The summed E-state index contributed by atoms with van der Waals surface area (Å²) in [5, 5.41) is 21.0. The molecule has 0 saturated carbocycles. The van der Waals surface area contributed by atoms with Crippen molar-refractivity contribution >= 4 is 6.29 Å². The molecule has 0 aliphatic rings. The van der Waals surface area contributed by atoms with Crippen molar-refractivity contribution < 1.29 is 14.8 Å². The third-order valence-electron chi connectivity index (χ3n) is 3.49. The molecule has 27 heavy (non-hydrogen) atoms. The topological polar surface area (TPSA) is 80.4 Å². The van der Waals surface area contributed by atoms with Crippen LogP contribution >= 0.6 is 0 Å². The van der Waals surface area contributed by atoms with Crippen molar-refractivity contribution in [2.45, 2.75) is 57.6 Å². The molecular formula is C22H30NO4. The van der Waals surface area contributed by atoms with Gasteiger partial charge in [0.05, 0.1) is 0 Å². The third-order valence-corrected chi connectivity index (χ3v) is 3.49. The minimum absolute atomic E-state index is 0.165. The first-order valence-corrected chi connectivity index (χ1v) is 9.25. The fraction of sp³-hybridized carbons (Fsp3) is 0.409. The lowest BCUT2D eigenvalue weighted by Gasteiger charge is -2.10. The smallest absolute Gasteiger partial charge is 0.257 e. The molecule has 147 valence electrons. The number of nitrogens with zero attached hydrogens (tertiary/aromatic N) is 1. The van der Waals surface area contributed by atoms with Gasteiger partial charge in [-0.3, -0.25) is 14.9 Å². The van der Waals surface area contributed by atoms with Gasteiger partial charge in [0.2, 0.25) is 0 Å². The molecule has 1 radical (unpaired) electrons. The Morgan fingerprint density at radius 2 is 1.63 bits per heavy atom. The van der Waals surface area contributed by atoms with Gasteiger partial charge < -0.3 is 5.11 Å². The van der Waals surface area contributed by atoms with E-state index in [9.17, 15) is 20.0 Å². The van der Waals surface area contributed by atoms with E-state index in [1.165, 1.54) is 6.08 Å². The second-order valence-corrected chi connectivity index (χ2v) is 5.75. The van der Waals surface area contributed by atoms with Gasteiger partial charge in [-0.1, -0.05) is 73.8 Å². The molecule has 0 spiro atoms. The molecule has 2 unspecified atom stereocenters. The molecule has 5 heteroatoms. The fourth-order valence-electron chi connectivity index (χ4n) is 2.05. The summed E-state index contributed by atoms with van der Waals surface area (Å²) in [6.45, 7) is 2.10. The third kappa shape index (κ3) is 15.4. The molecule has 0 aromatic rings. The minimum Gasteiger partial charge on any atom is -0.385 e. The predicted octanol–water partition coefficient (Wildman–Crippen LogP) is 4.80. The highest BCUT2D eigenvalue weighted by molar-refractivity contribution is 5.50. The van der Waals surface area contributed by atoms with E-state index in [1.807, 2.05) is 12.2 Å². The largest absolute Gasteiger partial charge is 0.385 e. The maximum absolute atomic E-state index is 11.1. The molecule has 0 aliphatic carbocycles. The first-order valence-electron chi connectivity index (χ1n) is 9.25. The lowest BCUT2D eigenvalue weighted by atomic mass is 10.1. The summed E-state index contributed by atoms with van der Waals surface area (Å²) in [5.41, 5.74) is 0. The highest BCUT2D eigenvalue weighted by Gasteiger charge is 2.25. The average molecular weight is 372 g/mol. The number of carbonyl (C=O) groups excluding carboxylic acids is 1. The molecule has 0 fully saturated rings. The van der Waals surface area contributed by atoms with Crippen molar-refractivity contribution in [2.24, 2.45) is 0 Å². The summed E-state index contributed by atoms with van der Waals surface area (Å²) in [7, 11) is 0. The number of nitro groups is 1. The van der Waals surface area contributed by atoms with Crippen molar-refractivity contribution in [1.29, 1.82) is 0 Å². The van der Waals surface area contributed by atoms with E-state index in [1.54, 1.807) is 36.7 Å². The summed E-state index contributed by atoms with van der Waals surface area (Å²) in [4.78, 5) is 20.6.